The summed E-state index contributed by atoms with van der Waals surface area (Å²) in [5.41, 5.74) is 0. The van der Waals surface area contributed by atoms with Crippen LogP contribution in [0.5, 0.6) is 0 Å². The molecule has 2 aliphatic rings. The van der Waals surface area contributed by atoms with Gasteiger partial charge in [-0.25, -0.2) is 0 Å². The Kier molecular flexibility index (Phi) is 3.26. The number of rotatable bonds is 1. The maximum atomic E-state index is 11.2. The molecule has 0 aromatic carbocycles. The molecule has 0 aromatic rings. The van der Waals surface area contributed by atoms with Crippen LogP contribution in [0.25, 0.3) is 0 Å². The topological polar surface area (TPSA) is 40.6 Å². The number of halogens is 1. The minimum atomic E-state index is -3.51. The summed E-state index contributed by atoms with van der Waals surface area (Å²) in [6.45, 7) is 2.30. The average molecular weight is 253 g/mol. The zero-order valence-electron chi connectivity index (χ0n) is 8.89. The lowest BCUT2D eigenvalue weighted by Gasteiger charge is -2.44. The van der Waals surface area contributed by atoms with Crippen molar-refractivity contribution in [2.75, 3.05) is 26.7 Å². The highest BCUT2D eigenvalue weighted by molar-refractivity contribution is 8.11. The highest BCUT2D eigenvalue weighted by Gasteiger charge is 2.37. The molecule has 2 atom stereocenters. The Morgan fingerprint density at radius 3 is 2.67 bits per heavy atom. The normalized spacial score (nSPS) is 35.1. The standard InChI is InChI=1S/C9H17ClN2O2S/c1-11-5-2-3-8-7-12(15(10,13)14)6-4-9(8)11/h8-9H,2-7H2,1H3. The van der Waals surface area contributed by atoms with Crippen molar-refractivity contribution in [1.82, 2.24) is 9.21 Å². The molecule has 0 bridgehead atoms. The Hall–Kier alpha value is 0.160. The van der Waals surface area contributed by atoms with Crippen LogP contribution in [0.4, 0.5) is 0 Å². The minimum absolute atomic E-state index is 0.464. The van der Waals surface area contributed by atoms with Crippen LogP contribution in [0.3, 0.4) is 0 Å². The van der Waals surface area contributed by atoms with Crippen LogP contribution in [-0.4, -0.2) is 50.3 Å². The van der Waals surface area contributed by atoms with Gasteiger partial charge in [0.25, 0.3) is 9.24 Å². The quantitative estimate of drug-likeness (QED) is 0.651. The van der Waals surface area contributed by atoms with E-state index in [0.717, 1.165) is 25.8 Å². The molecule has 2 saturated heterocycles. The van der Waals surface area contributed by atoms with Gasteiger partial charge in [-0.3, -0.25) is 0 Å². The molecule has 6 heteroatoms. The molecule has 0 aliphatic carbocycles. The van der Waals surface area contributed by atoms with Gasteiger partial charge in [0.15, 0.2) is 0 Å². The molecule has 15 heavy (non-hydrogen) atoms. The fourth-order valence-electron chi connectivity index (χ4n) is 2.82. The van der Waals surface area contributed by atoms with Crippen molar-refractivity contribution in [1.29, 1.82) is 0 Å². The van der Waals surface area contributed by atoms with Gasteiger partial charge in [-0.05, 0) is 38.8 Å². The van der Waals surface area contributed by atoms with E-state index in [0.29, 0.717) is 25.0 Å². The summed E-state index contributed by atoms with van der Waals surface area (Å²) in [4.78, 5) is 2.35. The van der Waals surface area contributed by atoms with Gasteiger partial charge in [0.2, 0.25) is 0 Å². The summed E-state index contributed by atoms with van der Waals surface area (Å²) < 4.78 is 23.9. The van der Waals surface area contributed by atoms with Crippen molar-refractivity contribution in [2.24, 2.45) is 5.92 Å². The Labute approximate surface area is 95.7 Å². The number of nitrogens with zero attached hydrogens (tertiary/aromatic N) is 2. The molecule has 0 saturated carbocycles. The molecule has 0 amide bonds. The highest BCUT2D eigenvalue weighted by Crippen LogP contribution is 2.31. The van der Waals surface area contributed by atoms with Crippen LogP contribution in [-0.2, 0) is 9.24 Å². The second kappa shape index (κ2) is 4.20. The van der Waals surface area contributed by atoms with E-state index in [-0.39, 0.29) is 0 Å². The first-order valence-corrected chi connectivity index (χ1v) is 7.65. The van der Waals surface area contributed by atoms with Crippen molar-refractivity contribution < 1.29 is 8.42 Å². The number of hydrogen-bond acceptors (Lipinski definition) is 3. The summed E-state index contributed by atoms with van der Waals surface area (Å²) in [6.07, 6.45) is 3.19. The highest BCUT2D eigenvalue weighted by atomic mass is 35.7. The molecule has 2 unspecified atom stereocenters. The van der Waals surface area contributed by atoms with Crippen LogP contribution in [0.2, 0.25) is 0 Å². The number of likely N-dealkylation sites (tertiary alicyclic amines) is 1. The van der Waals surface area contributed by atoms with Crippen LogP contribution in [0.15, 0.2) is 0 Å². The third kappa shape index (κ3) is 2.46. The zero-order valence-corrected chi connectivity index (χ0v) is 10.5. The summed E-state index contributed by atoms with van der Waals surface area (Å²) >= 11 is 0. The van der Waals surface area contributed by atoms with E-state index in [2.05, 4.69) is 11.9 Å². The Morgan fingerprint density at radius 1 is 1.27 bits per heavy atom. The van der Waals surface area contributed by atoms with Gasteiger partial charge in [-0.2, -0.15) is 12.7 Å². The van der Waals surface area contributed by atoms with Crippen LogP contribution < -0.4 is 0 Å². The van der Waals surface area contributed by atoms with Gasteiger partial charge in [0.1, 0.15) is 0 Å². The van der Waals surface area contributed by atoms with E-state index in [1.54, 1.807) is 0 Å². The van der Waals surface area contributed by atoms with Crippen molar-refractivity contribution >= 4 is 19.9 Å². The third-order valence-corrected chi connectivity index (χ3v) is 5.15. The van der Waals surface area contributed by atoms with E-state index in [1.807, 2.05) is 0 Å². The van der Waals surface area contributed by atoms with Crippen LogP contribution in [0.1, 0.15) is 19.3 Å². The predicted molar refractivity (Wildman–Crippen MR) is 60.1 cm³/mol. The maximum absolute atomic E-state index is 11.2. The van der Waals surface area contributed by atoms with Crippen molar-refractivity contribution in [2.45, 2.75) is 25.3 Å². The molecule has 0 N–H and O–H groups in total. The molecule has 0 radical (unpaired) electrons. The lowest BCUT2D eigenvalue weighted by atomic mass is 9.85. The van der Waals surface area contributed by atoms with Crippen LogP contribution in [0, 0.1) is 5.92 Å². The third-order valence-electron chi connectivity index (χ3n) is 3.62. The largest absolute Gasteiger partial charge is 0.303 e. The smallest absolute Gasteiger partial charge is 0.299 e. The Morgan fingerprint density at radius 2 is 2.00 bits per heavy atom. The maximum Gasteiger partial charge on any atom is 0.299 e. The Balaban J connectivity index is 2.06. The molecule has 2 fully saturated rings. The van der Waals surface area contributed by atoms with E-state index in [9.17, 15) is 8.42 Å². The van der Waals surface area contributed by atoms with Gasteiger partial charge in [-0.15, -0.1) is 0 Å². The number of piperidine rings is 2. The molecule has 2 rings (SSSR count). The number of hydrogen-bond donors (Lipinski definition) is 0. The molecular formula is C9H17ClN2O2S. The predicted octanol–water partition coefficient (Wildman–Crippen LogP) is 0.886. The molecule has 4 nitrogen and oxygen atoms in total. The summed E-state index contributed by atoms with van der Waals surface area (Å²) in [5.74, 6) is 0.464. The first-order chi connectivity index (χ1) is 6.98. The molecule has 0 spiro atoms. The molecule has 2 aliphatic heterocycles. The second-order valence-corrected chi connectivity index (χ2v) is 7.05. The number of fused-ring (bicyclic) bond motifs is 1. The van der Waals surface area contributed by atoms with Crippen LogP contribution >= 0.6 is 10.7 Å². The summed E-state index contributed by atoms with van der Waals surface area (Å²) in [5, 5.41) is 0. The first-order valence-electron chi connectivity index (χ1n) is 5.38. The van der Waals surface area contributed by atoms with Gasteiger partial charge >= 0.3 is 0 Å². The zero-order chi connectivity index (χ0) is 11.1. The van der Waals surface area contributed by atoms with Crippen molar-refractivity contribution in [3.63, 3.8) is 0 Å². The van der Waals surface area contributed by atoms with Gasteiger partial charge in [0, 0.05) is 29.8 Å². The molecule has 0 aromatic heterocycles. The van der Waals surface area contributed by atoms with E-state index >= 15 is 0 Å². The fourth-order valence-corrected chi connectivity index (χ4v) is 3.89. The fraction of sp³-hybridized carbons (Fsp3) is 1.00. The summed E-state index contributed by atoms with van der Waals surface area (Å²) in [6, 6.07) is 0.549. The molecular weight excluding hydrogens is 236 g/mol. The lowest BCUT2D eigenvalue weighted by Crippen LogP contribution is -2.53. The monoisotopic (exact) mass is 252 g/mol. The van der Waals surface area contributed by atoms with Crippen molar-refractivity contribution in [3.8, 4) is 0 Å². The van der Waals surface area contributed by atoms with E-state index in [1.165, 1.54) is 4.31 Å². The second-order valence-electron chi connectivity index (χ2n) is 4.54. The molecule has 88 valence electrons. The van der Waals surface area contributed by atoms with Gasteiger partial charge in [0.05, 0.1) is 0 Å². The van der Waals surface area contributed by atoms with E-state index < -0.39 is 9.24 Å². The van der Waals surface area contributed by atoms with Gasteiger partial charge in [-0.1, -0.05) is 0 Å². The van der Waals surface area contributed by atoms with Gasteiger partial charge < -0.3 is 4.90 Å². The van der Waals surface area contributed by atoms with Crippen molar-refractivity contribution in [3.05, 3.63) is 0 Å². The Bertz CT molecular complexity index is 333. The SMILES string of the molecule is CN1CCCC2CN(S(=O)(=O)Cl)CCC21. The van der Waals surface area contributed by atoms with E-state index in [4.69, 9.17) is 10.7 Å². The first kappa shape index (κ1) is 11.6. The lowest BCUT2D eigenvalue weighted by molar-refractivity contribution is 0.0678. The average Bonchev–Trinajstić information content (AvgIpc) is 2.16. The summed E-state index contributed by atoms with van der Waals surface area (Å²) in [7, 11) is 3.98. The minimum Gasteiger partial charge on any atom is -0.303 e. The molecule has 2 heterocycles.